The molecule has 1 heterocycles. The van der Waals surface area contributed by atoms with Crippen molar-refractivity contribution >= 4 is 5.91 Å². The topological polar surface area (TPSA) is 41.1 Å². The lowest BCUT2D eigenvalue weighted by molar-refractivity contribution is -0.125. The Labute approximate surface area is 92.0 Å². The summed E-state index contributed by atoms with van der Waals surface area (Å²) in [5.41, 5.74) is 0. The van der Waals surface area contributed by atoms with Crippen molar-refractivity contribution in [1.29, 1.82) is 0 Å². The van der Waals surface area contributed by atoms with E-state index in [0.717, 1.165) is 19.0 Å². The van der Waals surface area contributed by atoms with Gasteiger partial charge in [0.2, 0.25) is 5.91 Å². The largest absolute Gasteiger partial charge is 0.353 e. The molecular formula is C12H22N2O. The van der Waals surface area contributed by atoms with E-state index in [1.807, 2.05) is 0 Å². The molecule has 1 aliphatic carbocycles. The summed E-state index contributed by atoms with van der Waals surface area (Å²) < 4.78 is 0. The van der Waals surface area contributed by atoms with Gasteiger partial charge in [0.25, 0.3) is 0 Å². The summed E-state index contributed by atoms with van der Waals surface area (Å²) >= 11 is 0. The number of amides is 1. The molecule has 0 bridgehead atoms. The lowest BCUT2D eigenvalue weighted by Gasteiger charge is -2.14. The Morgan fingerprint density at radius 1 is 1.47 bits per heavy atom. The standard InChI is InChI=1S/C12H22N2O/c1-3-4-9-5-11(9)14-12(15)10-7-13-6-8(10)2/h8-11,13H,3-7H2,1-2H3,(H,14,15)/t8-,9?,10-,11?/m1/s1. The molecule has 0 aromatic carbocycles. The summed E-state index contributed by atoms with van der Waals surface area (Å²) in [6, 6.07) is 0.491. The van der Waals surface area contributed by atoms with E-state index in [2.05, 4.69) is 24.5 Å². The van der Waals surface area contributed by atoms with Crippen LogP contribution in [0.3, 0.4) is 0 Å². The molecule has 2 rings (SSSR count). The molecule has 4 atom stereocenters. The third kappa shape index (κ3) is 2.51. The van der Waals surface area contributed by atoms with E-state index in [4.69, 9.17) is 0 Å². The van der Waals surface area contributed by atoms with Gasteiger partial charge in [-0.05, 0) is 31.2 Å². The molecule has 3 heteroatoms. The summed E-state index contributed by atoms with van der Waals surface area (Å²) in [4.78, 5) is 11.9. The smallest absolute Gasteiger partial charge is 0.224 e. The molecule has 86 valence electrons. The van der Waals surface area contributed by atoms with Gasteiger partial charge in [-0.25, -0.2) is 0 Å². The minimum absolute atomic E-state index is 0.202. The fourth-order valence-electron chi connectivity index (χ4n) is 2.57. The van der Waals surface area contributed by atoms with Crippen molar-refractivity contribution in [2.45, 2.75) is 39.2 Å². The Hall–Kier alpha value is -0.570. The monoisotopic (exact) mass is 210 g/mol. The van der Waals surface area contributed by atoms with Gasteiger partial charge in [-0.15, -0.1) is 0 Å². The second kappa shape index (κ2) is 4.52. The van der Waals surface area contributed by atoms with Crippen molar-refractivity contribution in [3.05, 3.63) is 0 Å². The molecule has 1 amide bonds. The van der Waals surface area contributed by atoms with Gasteiger partial charge in [0.15, 0.2) is 0 Å². The summed E-state index contributed by atoms with van der Waals surface area (Å²) in [6.45, 7) is 6.21. The highest BCUT2D eigenvalue weighted by Gasteiger charge is 2.39. The summed E-state index contributed by atoms with van der Waals surface area (Å²) in [6.07, 6.45) is 3.70. The van der Waals surface area contributed by atoms with Crippen LogP contribution in [0.4, 0.5) is 0 Å². The molecule has 0 spiro atoms. The molecule has 1 aliphatic heterocycles. The van der Waals surface area contributed by atoms with Crippen LogP contribution in [0.15, 0.2) is 0 Å². The third-order valence-corrected chi connectivity index (χ3v) is 3.76. The van der Waals surface area contributed by atoms with E-state index < -0.39 is 0 Å². The number of hydrogen-bond donors (Lipinski definition) is 2. The van der Waals surface area contributed by atoms with Crippen molar-refractivity contribution in [2.75, 3.05) is 13.1 Å². The number of hydrogen-bond acceptors (Lipinski definition) is 2. The molecule has 1 saturated heterocycles. The van der Waals surface area contributed by atoms with Gasteiger partial charge >= 0.3 is 0 Å². The number of rotatable bonds is 4. The van der Waals surface area contributed by atoms with Crippen LogP contribution in [0.1, 0.15) is 33.1 Å². The van der Waals surface area contributed by atoms with Crippen LogP contribution in [0.25, 0.3) is 0 Å². The second-order valence-corrected chi connectivity index (χ2v) is 5.14. The lowest BCUT2D eigenvalue weighted by Crippen LogP contribution is -2.36. The van der Waals surface area contributed by atoms with Gasteiger partial charge in [0, 0.05) is 12.6 Å². The maximum Gasteiger partial charge on any atom is 0.224 e. The molecule has 0 aromatic heterocycles. The van der Waals surface area contributed by atoms with E-state index >= 15 is 0 Å². The van der Waals surface area contributed by atoms with Gasteiger partial charge in [-0.1, -0.05) is 20.3 Å². The first kappa shape index (κ1) is 10.9. The molecular weight excluding hydrogens is 188 g/mol. The molecule has 2 aliphatic rings. The fraction of sp³-hybridized carbons (Fsp3) is 0.917. The Morgan fingerprint density at radius 3 is 2.87 bits per heavy atom. The number of carbonyl (C=O) groups excluding carboxylic acids is 1. The van der Waals surface area contributed by atoms with Crippen molar-refractivity contribution in [3.63, 3.8) is 0 Å². The maximum absolute atomic E-state index is 11.9. The van der Waals surface area contributed by atoms with Gasteiger partial charge in [-0.2, -0.15) is 0 Å². The molecule has 2 fully saturated rings. The molecule has 2 N–H and O–H groups in total. The minimum atomic E-state index is 0.202. The molecule has 15 heavy (non-hydrogen) atoms. The summed E-state index contributed by atoms with van der Waals surface area (Å²) in [5.74, 6) is 1.74. The van der Waals surface area contributed by atoms with Crippen molar-refractivity contribution in [1.82, 2.24) is 10.6 Å². The van der Waals surface area contributed by atoms with E-state index in [9.17, 15) is 4.79 Å². The first-order valence-corrected chi connectivity index (χ1v) is 6.23. The summed E-state index contributed by atoms with van der Waals surface area (Å²) in [5, 5.41) is 6.45. The fourth-order valence-corrected chi connectivity index (χ4v) is 2.57. The van der Waals surface area contributed by atoms with Crippen LogP contribution in [0.5, 0.6) is 0 Å². The number of carbonyl (C=O) groups is 1. The highest BCUT2D eigenvalue weighted by molar-refractivity contribution is 5.80. The SMILES string of the molecule is CCCC1CC1NC(=O)[C@@H]1CNC[C@H]1C. The molecule has 1 saturated carbocycles. The van der Waals surface area contributed by atoms with Crippen LogP contribution < -0.4 is 10.6 Å². The first-order chi connectivity index (χ1) is 7.22. The lowest BCUT2D eigenvalue weighted by atomic mass is 9.97. The van der Waals surface area contributed by atoms with Gasteiger partial charge in [-0.3, -0.25) is 4.79 Å². The Balaban J connectivity index is 1.74. The van der Waals surface area contributed by atoms with Gasteiger partial charge < -0.3 is 10.6 Å². The van der Waals surface area contributed by atoms with Crippen LogP contribution in [-0.2, 0) is 4.79 Å². The average Bonchev–Trinajstić information content (AvgIpc) is 2.76. The van der Waals surface area contributed by atoms with Crippen LogP contribution in [-0.4, -0.2) is 25.0 Å². The molecule has 0 radical (unpaired) electrons. The molecule has 3 nitrogen and oxygen atoms in total. The van der Waals surface area contributed by atoms with E-state index in [-0.39, 0.29) is 11.8 Å². The highest BCUT2D eigenvalue weighted by Crippen LogP contribution is 2.35. The predicted molar refractivity (Wildman–Crippen MR) is 60.5 cm³/mol. The van der Waals surface area contributed by atoms with Crippen LogP contribution in [0, 0.1) is 17.8 Å². The van der Waals surface area contributed by atoms with Crippen molar-refractivity contribution < 1.29 is 4.79 Å². The van der Waals surface area contributed by atoms with Crippen LogP contribution in [0.2, 0.25) is 0 Å². The Bertz CT molecular complexity index is 242. The predicted octanol–water partition coefficient (Wildman–Crippen LogP) is 1.15. The second-order valence-electron chi connectivity index (χ2n) is 5.14. The number of nitrogens with one attached hydrogen (secondary N) is 2. The van der Waals surface area contributed by atoms with Crippen LogP contribution >= 0.6 is 0 Å². The van der Waals surface area contributed by atoms with Gasteiger partial charge in [0.1, 0.15) is 0 Å². The zero-order chi connectivity index (χ0) is 10.8. The normalized spacial score (nSPS) is 39.1. The quantitative estimate of drug-likeness (QED) is 0.731. The highest BCUT2D eigenvalue weighted by atomic mass is 16.2. The maximum atomic E-state index is 11.9. The zero-order valence-corrected chi connectivity index (χ0v) is 9.75. The third-order valence-electron chi connectivity index (χ3n) is 3.76. The Kier molecular flexibility index (Phi) is 3.29. The van der Waals surface area contributed by atoms with Gasteiger partial charge in [0.05, 0.1) is 5.92 Å². The van der Waals surface area contributed by atoms with E-state index in [0.29, 0.717) is 12.0 Å². The minimum Gasteiger partial charge on any atom is -0.353 e. The molecule has 2 unspecified atom stereocenters. The molecule has 0 aromatic rings. The van der Waals surface area contributed by atoms with E-state index in [1.54, 1.807) is 0 Å². The zero-order valence-electron chi connectivity index (χ0n) is 9.75. The average molecular weight is 210 g/mol. The summed E-state index contributed by atoms with van der Waals surface area (Å²) in [7, 11) is 0. The van der Waals surface area contributed by atoms with Crippen molar-refractivity contribution in [2.24, 2.45) is 17.8 Å². The first-order valence-electron chi connectivity index (χ1n) is 6.23. The Morgan fingerprint density at radius 2 is 2.27 bits per heavy atom. The van der Waals surface area contributed by atoms with E-state index in [1.165, 1.54) is 19.3 Å². The van der Waals surface area contributed by atoms with Crippen molar-refractivity contribution in [3.8, 4) is 0 Å².